The molecule has 4 nitrogen and oxygen atoms in total. The summed E-state index contributed by atoms with van der Waals surface area (Å²) in [4.78, 5) is 17.0. The molecule has 2 unspecified atom stereocenters. The van der Waals surface area contributed by atoms with E-state index in [0.29, 0.717) is 6.04 Å². The van der Waals surface area contributed by atoms with Crippen molar-refractivity contribution in [3.63, 3.8) is 0 Å². The molecule has 1 aliphatic heterocycles. The van der Waals surface area contributed by atoms with Crippen LogP contribution >= 0.6 is 0 Å². The van der Waals surface area contributed by atoms with E-state index in [2.05, 4.69) is 42.9 Å². The summed E-state index contributed by atoms with van der Waals surface area (Å²) in [6.45, 7) is 11.8. The summed E-state index contributed by atoms with van der Waals surface area (Å²) in [6, 6.07) is 0.441. The molecule has 1 amide bonds. The van der Waals surface area contributed by atoms with Crippen LogP contribution in [-0.4, -0.2) is 61.5 Å². The molecule has 0 bridgehead atoms. The summed E-state index contributed by atoms with van der Waals surface area (Å²) in [5, 5.41) is 3.16. The molecular formula is C16H33N3O. The second kappa shape index (κ2) is 9.35. The predicted molar refractivity (Wildman–Crippen MR) is 84.8 cm³/mol. The van der Waals surface area contributed by atoms with Crippen molar-refractivity contribution in [3.05, 3.63) is 0 Å². The third-order valence-electron chi connectivity index (χ3n) is 4.50. The number of piperazine rings is 1. The van der Waals surface area contributed by atoms with E-state index in [1.165, 1.54) is 6.42 Å². The number of carbonyl (C=O) groups is 1. The van der Waals surface area contributed by atoms with Gasteiger partial charge in [-0.3, -0.25) is 9.69 Å². The van der Waals surface area contributed by atoms with Crippen LogP contribution < -0.4 is 5.32 Å². The fraction of sp³-hybridized carbons (Fsp3) is 0.938. The van der Waals surface area contributed by atoms with Gasteiger partial charge in [0.2, 0.25) is 5.91 Å². The fourth-order valence-corrected chi connectivity index (χ4v) is 2.76. The standard InChI is InChI=1S/C16H33N3O/c1-5-7-8-15(6-2)16(20)17-13-14(3)19-11-9-18(4)10-12-19/h14-15H,5-13H2,1-4H3,(H,17,20). The van der Waals surface area contributed by atoms with Crippen molar-refractivity contribution in [1.82, 2.24) is 15.1 Å². The molecule has 1 saturated heterocycles. The lowest BCUT2D eigenvalue weighted by atomic mass is 9.98. The fourth-order valence-electron chi connectivity index (χ4n) is 2.76. The number of likely N-dealkylation sites (N-methyl/N-ethyl adjacent to an activating group) is 1. The van der Waals surface area contributed by atoms with Gasteiger partial charge in [0.05, 0.1) is 0 Å². The SMILES string of the molecule is CCCCC(CC)C(=O)NCC(C)N1CCN(C)CC1. The third-order valence-corrected chi connectivity index (χ3v) is 4.50. The molecular weight excluding hydrogens is 250 g/mol. The maximum Gasteiger partial charge on any atom is 0.223 e. The van der Waals surface area contributed by atoms with Gasteiger partial charge in [-0.1, -0.05) is 26.7 Å². The third kappa shape index (κ3) is 5.80. The maximum atomic E-state index is 12.2. The minimum Gasteiger partial charge on any atom is -0.354 e. The Kier molecular flexibility index (Phi) is 8.15. The Labute approximate surface area is 124 Å². The molecule has 0 spiro atoms. The van der Waals surface area contributed by atoms with Crippen molar-refractivity contribution < 1.29 is 4.79 Å². The van der Waals surface area contributed by atoms with Crippen LogP contribution in [0.2, 0.25) is 0 Å². The highest BCUT2D eigenvalue weighted by atomic mass is 16.1. The number of nitrogens with zero attached hydrogens (tertiary/aromatic N) is 2. The summed E-state index contributed by atoms with van der Waals surface area (Å²) in [5.41, 5.74) is 0. The topological polar surface area (TPSA) is 35.6 Å². The zero-order valence-corrected chi connectivity index (χ0v) is 13.8. The molecule has 1 N–H and O–H groups in total. The van der Waals surface area contributed by atoms with Crippen LogP contribution in [0.15, 0.2) is 0 Å². The minimum absolute atomic E-state index is 0.203. The van der Waals surface area contributed by atoms with Crippen LogP contribution in [0.5, 0.6) is 0 Å². The lowest BCUT2D eigenvalue weighted by molar-refractivity contribution is -0.125. The summed E-state index contributed by atoms with van der Waals surface area (Å²) < 4.78 is 0. The first-order chi connectivity index (χ1) is 9.58. The van der Waals surface area contributed by atoms with Crippen LogP contribution in [0.25, 0.3) is 0 Å². The number of rotatable bonds is 8. The normalized spacial score (nSPS) is 20.6. The van der Waals surface area contributed by atoms with E-state index in [0.717, 1.165) is 52.0 Å². The Morgan fingerprint density at radius 3 is 2.40 bits per heavy atom. The second-order valence-corrected chi connectivity index (χ2v) is 6.18. The van der Waals surface area contributed by atoms with Crippen molar-refractivity contribution in [2.24, 2.45) is 5.92 Å². The summed E-state index contributed by atoms with van der Waals surface area (Å²) in [5.74, 6) is 0.455. The molecule has 0 saturated carbocycles. The quantitative estimate of drug-likeness (QED) is 0.739. The Morgan fingerprint density at radius 1 is 1.20 bits per heavy atom. The van der Waals surface area contributed by atoms with Crippen molar-refractivity contribution in [3.8, 4) is 0 Å². The summed E-state index contributed by atoms with van der Waals surface area (Å²) in [7, 11) is 2.17. The first-order valence-electron chi connectivity index (χ1n) is 8.28. The number of nitrogens with one attached hydrogen (secondary N) is 1. The van der Waals surface area contributed by atoms with Crippen LogP contribution in [0.4, 0.5) is 0 Å². The highest BCUT2D eigenvalue weighted by Gasteiger charge is 2.21. The Hall–Kier alpha value is -0.610. The number of carbonyl (C=O) groups excluding carboxylic acids is 1. The largest absolute Gasteiger partial charge is 0.354 e. The van der Waals surface area contributed by atoms with Gasteiger partial charge in [-0.15, -0.1) is 0 Å². The van der Waals surface area contributed by atoms with Crippen LogP contribution in [-0.2, 0) is 4.79 Å². The van der Waals surface area contributed by atoms with E-state index < -0.39 is 0 Å². The average Bonchev–Trinajstić information content (AvgIpc) is 2.46. The Morgan fingerprint density at radius 2 is 1.85 bits per heavy atom. The van der Waals surface area contributed by atoms with Gasteiger partial charge < -0.3 is 10.2 Å². The monoisotopic (exact) mass is 283 g/mol. The zero-order chi connectivity index (χ0) is 15.0. The molecule has 0 aromatic heterocycles. The lowest BCUT2D eigenvalue weighted by Crippen LogP contribution is -2.51. The van der Waals surface area contributed by atoms with Gasteiger partial charge in [-0.2, -0.15) is 0 Å². The Bertz CT molecular complexity index is 275. The van der Waals surface area contributed by atoms with E-state index in [-0.39, 0.29) is 11.8 Å². The first-order valence-corrected chi connectivity index (χ1v) is 8.28. The van der Waals surface area contributed by atoms with Crippen molar-refractivity contribution in [2.45, 2.75) is 52.5 Å². The van der Waals surface area contributed by atoms with Gasteiger partial charge in [-0.05, 0) is 26.8 Å². The number of unbranched alkanes of at least 4 members (excludes halogenated alkanes) is 1. The molecule has 1 heterocycles. The van der Waals surface area contributed by atoms with E-state index in [9.17, 15) is 4.79 Å². The number of amides is 1. The van der Waals surface area contributed by atoms with E-state index >= 15 is 0 Å². The highest BCUT2D eigenvalue weighted by Crippen LogP contribution is 2.12. The maximum absolute atomic E-state index is 12.2. The minimum atomic E-state index is 0.203. The van der Waals surface area contributed by atoms with E-state index in [1.54, 1.807) is 0 Å². The molecule has 20 heavy (non-hydrogen) atoms. The molecule has 1 aliphatic rings. The second-order valence-electron chi connectivity index (χ2n) is 6.18. The molecule has 0 aromatic carbocycles. The van der Waals surface area contributed by atoms with E-state index in [1.807, 2.05) is 0 Å². The van der Waals surface area contributed by atoms with Gasteiger partial charge in [-0.25, -0.2) is 0 Å². The van der Waals surface area contributed by atoms with Crippen molar-refractivity contribution >= 4 is 5.91 Å². The van der Waals surface area contributed by atoms with Gasteiger partial charge >= 0.3 is 0 Å². The Balaban J connectivity index is 2.28. The first kappa shape index (κ1) is 17.4. The van der Waals surface area contributed by atoms with Gasteiger partial charge in [0.25, 0.3) is 0 Å². The molecule has 4 heteroatoms. The summed E-state index contributed by atoms with van der Waals surface area (Å²) >= 11 is 0. The molecule has 118 valence electrons. The molecule has 0 aliphatic carbocycles. The molecule has 2 atom stereocenters. The molecule has 0 aromatic rings. The smallest absolute Gasteiger partial charge is 0.223 e. The predicted octanol–water partition coefficient (Wildman–Crippen LogP) is 1.95. The zero-order valence-electron chi connectivity index (χ0n) is 13.8. The molecule has 1 fully saturated rings. The van der Waals surface area contributed by atoms with Crippen molar-refractivity contribution in [2.75, 3.05) is 39.8 Å². The van der Waals surface area contributed by atoms with Crippen molar-refractivity contribution in [1.29, 1.82) is 0 Å². The molecule has 0 radical (unpaired) electrons. The molecule has 1 rings (SSSR count). The van der Waals surface area contributed by atoms with Crippen LogP contribution in [0, 0.1) is 5.92 Å². The van der Waals surface area contributed by atoms with Gasteiger partial charge in [0.1, 0.15) is 0 Å². The average molecular weight is 283 g/mol. The lowest BCUT2D eigenvalue weighted by Gasteiger charge is -2.36. The summed E-state index contributed by atoms with van der Waals surface area (Å²) in [6.07, 6.45) is 4.30. The highest BCUT2D eigenvalue weighted by molar-refractivity contribution is 5.78. The van der Waals surface area contributed by atoms with E-state index in [4.69, 9.17) is 0 Å². The van der Waals surface area contributed by atoms with Gasteiger partial charge in [0.15, 0.2) is 0 Å². The number of hydrogen-bond acceptors (Lipinski definition) is 3. The van der Waals surface area contributed by atoms with Gasteiger partial charge in [0, 0.05) is 44.7 Å². The number of hydrogen-bond donors (Lipinski definition) is 1. The van der Waals surface area contributed by atoms with Crippen LogP contribution in [0.1, 0.15) is 46.5 Å². The van der Waals surface area contributed by atoms with Crippen LogP contribution in [0.3, 0.4) is 0 Å².